The normalized spacial score (nSPS) is 10.6. The van der Waals surface area contributed by atoms with Crippen molar-refractivity contribution in [1.82, 2.24) is 0 Å². The largest absolute Gasteiger partial charge is 0.477 e. The summed E-state index contributed by atoms with van der Waals surface area (Å²) >= 11 is 0.536. The second kappa shape index (κ2) is 3.66. The number of carboxylic acid groups (broad SMARTS) is 1. The van der Waals surface area contributed by atoms with Crippen molar-refractivity contribution in [2.75, 3.05) is 0 Å². The average Bonchev–Trinajstić information content (AvgIpc) is 2.51. The molecule has 1 aromatic rings. The molecule has 14 heavy (non-hydrogen) atoms. The van der Waals surface area contributed by atoms with Crippen LogP contribution in [0.15, 0.2) is 20.9 Å². The van der Waals surface area contributed by atoms with Gasteiger partial charge in [-0.15, -0.1) is 11.3 Å². The Hall–Kier alpha value is -1.57. The summed E-state index contributed by atoms with van der Waals surface area (Å²) in [5.41, 5.74) is 7.95. The molecule has 1 N–H and O–H groups in total. The van der Waals surface area contributed by atoms with E-state index in [2.05, 4.69) is 9.43 Å². The van der Waals surface area contributed by atoms with E-state index in [0.717, 1.165) is 12.1 Å². The van der Waals surface area contributed by atoms with E-state index in [1.807, 2.05) is 0 Å². The molecule has 7 nitrogen and oxygen atoms in total. The minimum absolute atomic E-state index is 0.128. The number of hydrogen-bond acceptors (Lipinski definition) is 4. The van der Waals surface area contributed by atoms with Crippen molar-refractivity contribution in [3.8, 4) is 0 Å². The van der Waals surface area contributed by atoms with E-state index in [9.17, 15) is 13.2 Å². The van der Waals surface area contributed by atoms with E-state index in [1.165, 1.54) is 0 Å². The second-order valence-corrected chi connectivity index (χ2v) is 4.97. The Balaban J connectivity index is 3.22. The van der Waals surface area contributed by atoms with Crippen LogP contribution in [0.5, 0.6) is 0 Å². The zero-order valence-electron chi connectivity index (χ0n) is 6.48. The summed E-state index contributed by atoms with van der Waals surface area (Å²) in [6, 6.07) is 2.21. The predicted molar refractivity (Wildman–Crippen MR) is 47.6 cm³/mol. The Morgan fingerprint density at radius 1 is 1.57 bits per heavy atom. The van der Waals surface area contributed by atoms with Gasteiger partial charge in [0, 0.05) is 9.43 Å². The van der Waals surface area contributed by atoms with Crippen molar-refractivity contribution in [2.24, 2.45) is 4.52 Å². The van der Waals surface area contributed by atoms with E-state index >= 15 is 0 Å². The van der Waals surface area contributed by atoms with Gasteiger partial charge in [0.25, 0.3) is 10.0 Å². The zero-order chi connectivity index (χ0) is 10.8. The molecule has 0 radical (unpaired) electrons. The predicted octanol–water partition coefficient (Wildman–Crippen LogP) is 1.45. The van der Waals surface area contributed by atoms with Crippen LogP contribution in [0.1, 0.15) is 9.67 Å². The molecule has 9 heteroatoms. The fourth-order valence-electron chi connectivity index (χ4n) is 0.662. The standard InChI is InChI=1S/C5H3N3O4S2/c6-7-8-14(11,12)4-2-1-3(13-4)5(9)10/h1-2H,(H,9,10). The number of aromatic carboxylic acids is 1. The van der Waals surface area contributed by atoms with Crippen LogP contribution in [-0.4, -0.2) is 19.5 Å². The Morgan fingerprint density at radius 3 is 2.64 bits per heavy atom. The SMILES string of the molecule is [N-]=[N+]=NS(=O)(=O)c1ccc(C(=O)O)s1. The minimum atomic E-state index is -4.06. The van der Waals surface area contributed by atoms with Crippen LogP contribution in [0.4, 0.5) is 0 Å². The van der Waals surface area contributed by atoms with Gasteiger partial charge in [-0.25, -0.2) is 13.2 Å². The highest BCUT2D eigenvalue weighted by Crippen LogP contribution is 2.23. The Kier molecular flexibility index (Phi) is 2.75. The lowest BCUT2D eigenvalue weighted by atomic mass is 10.5. The number of thiophene rings is 1. The number of nitrogens with zero attached hydrogens (tertiary/aromatic N) is 3. The molecule has 0 unspecified atom stereocenters. The number of carbonyl (C=O) groups is 1. The van der Waals surface area contributed by atoms with Crippen LogP contribution in [-0.2, 0) is 10.0 Å². The van der Waals surface area contributed by atoms with Gasteiger partial charge in [0.1, 0.15) is 9.09 Å². The number of carboxylic acids is 1. The summed E-state index contributed by atoms with van der Waals surface area (Å²) in [5, 5.41) is 8.51. The third kappa shape index (κ3) is 2.02. The fraction of sp³-hybridized carbons (Fsp3) is 0. The van der Waals surface area contributed by atoms with Crippen molar-refractivity contribution in [1.29, 1.82) is 0 Å². The molecule has 0 fully saturated rings. The van der Waals surface area contributed by atoms with Crippen molar-refractivity contribution < 1.29 is 18.3 Å². The highest BCUT2D eigenvalue weighted by atomic mass is 32.2. The van der Waals surface area contributed by atoms with E-state index in [-0.39, 0.29) is 9.09 Å². The average molecular weight is 233 g/mol. The molecule has 0 amide bonds. The maximum absolute atomic E-state index is 11.1. The minimum Gasteiger partial charge on any atom is -0.477 e. The van der Waals surface area contributed by atoms with Gasteiger partial charge in [-0.2, -0.15) is 0 Å². The molecular weight excluding hydrogens is 230 g/mol. The maximum atomic E-state index is 11.1. The molecular formula is C5H3N3O4S2. The molecule has 0 aromatic carbocycles. The summed E-state index contributed by atoms with van der Waals surface area (Å²) in [6.45, 7) is 0. The first-order chi connectivity index (χ1) is 6.47. The van der Waals surface area contributed by atoms with Gasteiger partial charge >= 0.3 is 5.97 Å². The van der Waals surface area contributed by atoms with Gasteiger partial charge in [0.15, 0.2) is 0 Å². The molecule has 0 bridgehead atoms. The van der Waals surface area contributed by atoms with Gasteiger partial charge in [0.05, 0.1) is 0 Å². The number of hydrogen-bond donors (Lipinski definition) is 1. The summed E-state index contributed by atoms with van der Waals surface area (Å²) < 4.78 is 24.4. The van der Waals surface area contributed by atoms with Crippen LogP contribution < -0.4 is 0 Å². The summed E-state index contributed by atoms with van der Waals surface area (Å²) in [6.07, 6.45) is 0. The lowest BCUT2D eigenvalue weighted by Crippen LogP contribution is -1.91. The molecule has 0 aliphatic carbocycles. The van der Waals surface area contributed by atoms with Crippen LogP contribution in [0.25, 0.3) is 10.4 Å². The molecule has 1 aromatic heterocycles. The zero-order valence-corrected chi connectivity index (χ0v) is 8.12. The van der Waals surface area contributed by atoms with Crippen LogP contribution >= 0.6 is 11.3 Å². The first-order valence-corrected chi connectivity index (χ1v) is 5.37. The van der Waals surface area contributed by atoms with Gasteiger partial charge in [-0.1, -0.05) is 0 Å². The first kappa shape index (κ1) is 10.5. The molecule has 0 spiro atoms. The highest BCUT2D eigenvalue weighted by Gasteiger charge is 2.17. The van der Waals surface area contributed by atoms with Crippen LogP contribution in [0.3, 0.4) is 0 Å². The van der Waals surface area contributed by atoms with Gasteiger partial charge in [-0.3, -0.25) is 0 Å². The number of sulfonamides is 1. The topological polar surface area (TPSA) is 120 Å². The van der Waals surface area contributed by atoms with Crippen molar-refractivity contribution in [3.63, 3.8) is 0 Å². The Bertz CT molecular complexity index is 511. The Labute approximate surface area is 82.3 Å². The monoisotopic (exact) mass is 233 g/mol. The van der Waals surface area contributed by atoms with Gasteiger partial charge in [-0.05, 0) is 17.7 Å². The quantitative estimate of drug-likeness (QED) is 0.482. The maximum Gasteiger partial charge on any atom is 0.345 e. The Morgan fingerprint density at radius 2 is 2.21 bits per heavy atom. The molecule has 1 rings (SSSR count). The van der Waals surface area contributed by atoms with Crippen molar-refractivity contribution in [2.45, 2.75) is 4.21 Å². The van der Waals surface area contributed by atoms with E-state index in [0.29, 0.717) is 11.3 Å². The molecule has 1 heterocycles. The van der Waals surface area contributed by atoms with E-state index < -0.39 is 16.0 Å². The third-order valence-corrected chi connectivity index (χ3v) is 3.87. The number of azide groups is 1. The first-order valence-electron chi connectivity index (χ1n) is 3.12. The van der Waals surface area contributed by atoms with Crippen molar-refractivity contribution >= 4 is 27.3 Å². The highest BCUT2D eigenvalue weighted by molar-refractivity contribution is 7.92. The summed E-state index contributed by atoms with van der Waals surface area (Å²) in [7, 11) is -4.06. The molecule has 0 atom stereocenters. The molecule has 74 valence electrons. The van der Waals surface area contributed by atoms with Crippen LogP contribution in [0, 0.1) is 0 Å². The van der Waals surface area contributed by atoms with Crippen LogP contribution in [0.2, 0.25) is 0 Å². The third-order valence-electron chi connectivity index (χ3n) is 1.19. The smallest absolute Gasteiger partial charge is 0.345 e. The molecule has 0 aliphatic heterocycles. The van der Waals surface area contributed by atoms with E-state index in [4.69, 9.17) is 10.6 Å². The molecule has 0 aliphatic rings. The second-order valence-electron chi connectivity index (χ2n) is 2.07. The van der Waals surface area contributed by atoms with E-state index in [1.54, 1.807) is 0 Å². The molecule has 0 saturated carbocycles. The van der Waals surface area contributed by atoms with Crippen molar-refractivity contribution in [3.05, 3.63) is 27.5 Å². The van der Waals surface area contributed by atoms with Gasteiger partial charge in [0.2, 0.25) is 0 Å². The fourth-order valence-corrected chi connectivity index (χ4v) is 2.45. The van der Waals surface area contributed by atoms with Gasteiger partial charge < -0.3 is 5.11 Å². The summed E-state index contributed by atoms with van der Waals surface area (Å²) in [5.74, 6) is -1.22. The number of rotatable bonds is 3. The molecule has 0 saturated heterocycles. The lowest BCUT2D eigenvalue weighted by Gasteiger charge is -1.88. The summed E-state index contributed by atoms with van der Waals surface area (Å²) in [4.78, 5) is 12.4. The lowest BCUT2D eigenvalue weighted by molar-refractivity contribution is 0.0702.